The topological polar surface area (TPSA) is 17.0 Å². The van der Waals surface area contributed by atoms with Crippen LogP contribution >= 0.6 is 0 Å². The van der Waals surface area contributed by atoms with Gasteiger partial charge in [0, 0.05) is 30.7 Å². The van der Waals surface area contributed by atoms with Gasteiger partial charge in [0.1, 0.15) is 0 Å². The minimum absolute atomic E-state index is 0.911. The summed E-state index contributed by atoms with van der Waals surface area (Å²) in [6.07, 6.45) is 0.911. The van der Waals surface area contributed by atoms with Crippen LogP contribution in [-0.4, -0.2) is 11.1 Å². The third-order valence-corrected chi connectivity index (χ3v) is 3.09. The number of rotatable bonds is 5. The van der Waals surface area contributed by atoms with Crippen LogP contribution in [0.5, 0.6) is 0 Å². The van der Waals surface area contributed by atoms with E-state index in [1.807, 2.05) is 6.92 Å². The molecule has 0 fully saturated rings. The zero-order valence-electron chi connectivity index (χ0n) is 11.2. The van der Waals surface area contributed by atoms with Crippen molar-refractivity contribution in [1.29, 1.82) is 0 Å². The Kier molecular flexibility index (Phi) is 4.44. The smallest absolute Gasteiger partial charge is 0.0483 e. The van der Waals surface area contributed by atoms with Crippen molar-refractivity contribution in [2.75, 3.05) is 6.54 Å². The number of para-hydroxylation sites is 1. The summed E-state index contributed by atoms with van der Waals surface area (Å²) in [7, 11) is 0. The van der Waals surface area contributed by atoms with Gasteiger partial charge in [0.25, 0.3) is 0 Å². The SMILES string of the molecule is CC#CCCn1c(CNCC)cc2ccccc21. The number of fused-ring (bicyclic) bond motifs is 1. The Bertz CT molecular complexity index is 570. The largest absolute Gasteiger partial charge is 0.342 e. The number of nitrogens with one attached hydrogen (secondary N) is 1. The number of aromatic nitrogens is 1. The quantitative estimate of drug-likeness (QED) is 0.794. The van der Waals surface area contributed by atoms with Crippen molar-refractivity contribution >= 4 is 10.9 Å². The summed E-state index contributed by atoms with van der Waals surface area (Å²) in [6, 6.07) is 10.8. The summed E-state index contributed by atoms with van der Waals surface area (Å²) in [5.41, 5.74) is 2.65. The average molecular weight is 240 g/mol. The Morgan fingerprint density at radius 1 is 1.28 bits per heavy atom. The van der Waals surface area contributed by atoms with Crippen LogP contribution in [0.1, 0.15) is 26.0 Å². The molecule has 1 N–H and O–H groups in total. The summed E-state index contributed by atoms with van der Waals surface area (Å²) in [5.74, 6) is 6.11. The van der Waals surface area contributed by atoms with E-state index in [2.05, 4.69) is 59.0 Å². The highest BCUT2D eigenvalue weighted by Crippen LogP contribution is 2.20. The van der Waals surface area contributed by atoms with Gasteiger partial charge in [-0.15, -0.1) is 11.8 Å². The molecule has 0 saturated heterocycles. The molecule has 1 aromatic heterocycles. The van der Waals surface area contributed by atoms with Crippen LogP contribution in [-0.2, 0) is 13.1 Å². The van der Waals surface area contributed by atoms with Gasteiger partial charge in [0.15, 0.2) is 0 Å². The van der Waals surface area contributed by atoms with Gasteiger partial charge in [0.2, 0.25) is 0 Å². The predicted molar refractivity (Wildman–Crippen MR) is 77.4 cm³/mol. The van der Waals surface area contributed by atoms with E-state index in [4.69, 9.17) is 0 Å². The maximum Gasteiger partial charge on any atom is 0.0483 e. The van der Waals surface area contributed by atoms with Crippen molar-refractivity contribution in [3.05, 3.63) is 36.0 Å². The first-order valence-corrected chi connectivity index (χ1v) is 6.54. The third kappa shape index (κ3) is 2.75. The summed E-state index contributed by atoms with van der Waals surface area (Å²) < 4.78 is 2.38. The van der Waals surface area contributed by atoms with E-state index in [0.29, 0.717) is 0 Å². The molecular weight excluding hydrogens is 220 g/mol. The minimum Gasteiger partial charge on any atom is -0.342 e. The normalized spacial score (nSPS) is 10.3. The fraction of sp³-hybridized carbons (Fsp3) is 0.375. The van der Waals surface area contributed by atoms with Crippen molar-refractivity contribution in [2.24, 2.45) is 0 Å². The van der Waals surface area contributed by atoms with E-state index in [9.17, 15) is 0 Å². The second kappa shape index (κ2) is 6.28. The van der Waals surface area contributed by atoms with Crippen LogP contribution in [0.4, 0.5) is 0 Å². The van der Waals surface area contributed by atoms with Crippen molar-refractivity contribution < 1.29 is 0 Å². The number of benzene rings is 1. The molecule has 0 unspecified atom stereocenters. The van der Waals surface area contributed by atoms with E-state index in [1.54, 1.807) is 0 Å². The second-order valence-electron chi connectivity index (χ2n) is 4.30. The van der Waals surface area contributed by atoms with E-state index >= 15 is 0 Å². The standard InChI is InChI=1S/C16H20N2/c1-3-5-8-11-18-15(13-17-4-2)12-14-9-6-7-10-16(14)18/h6-7,9-10,12,17H,4,8,11,13H2,1-2H3. The molecule has 0 spiro atoms. The Morgan fingerprint density at radius 3 is 2.89 bits per heavy atom. The molecule has 1 aromatic carbocycles. The van der Waals surface area contributed by atoms with Crippen LogP contribution in [0.15, 0.2) is 30.3 Å². The Morgan fingerprint density at radius 2 is 2.11 bits per heavy atom. The first-order chi connectivity index (χ1) is 8.86. The average Bonchev–Trinajstić information content (AvgIpc) is 2.75. The van der Waals surface area contributed by atoms with Gasteiger partial charge in [-0.3, -0.25) is 0 Å². The van der Waals surface area contributed by atoms with Crippen molar-refractivity contribution in [3.8, 4) is 11.8 Å². The highest BCUT2D eigenvalue weighted by atomic mass is 15.0. The van der Waals surface area contributed by atoms with Gasteiger partial charge >= 0.3 is 0 Å². The lowest BCUT2D eigenvalue weighted by molar-refractivity contribution is 0.642. The molecule has 0 aliphatic rings. The van der Waals surface area contributed by atoms with Crippen molar-refractivity contribution in [1.82, 2.24) is 9.88 Å². The van der Waals surface area contributed by atoms with Crippen molar-refractivity contribution in [2.45, 2.75) is 33.4 Å². The summed E-state index contributed by atoms with van der Waals surface area (Å²) >= 11 is 0. The second-order valence-corrected chi connectivity index (χ2v) is 4.30. The lowest BCUT2D eigenvalue weighted by atomic mass is 10.2. The van der Waals surface area contributed by atoms with Gasteiger partial charge in [-0.05, 0) is 31.0 Å². The molecule has 1 heterocycles. The maximum atomic E-state index is 3.40. The van der Waals surface area contributed by atoms with E-state index in [1.165, 1.54) is 16.6 Å². The number of aryl methyl sites for hydroxylation is 1. The van der Waals surface area contributed by atoms with Gasteiger partial charge in [-0.2, -0.15) is 0 Å². The molecule has 0 radical (unpaired) electrons. The fourth-order valence-corrected chi connectivity index (χ4v) is 2.22. The Labute approximate surface area is 109 Å². The molecule has 2 rings (SSSR count). The van der Waals surface area contributed by atoms with Crippen LogP contribution in [0.25, 0.3) is 10.9 Å². The molecular formula is C16H20N2. The lowest BCUT2D eigenvalue weighted by Gasteiger charge is -2.09. The van der Waals surface area contributed by atoms with E-state index in [-0.39, 0.29) is 0 Å². The number of nitrogens with zero attached hydrogens (tertiary/aromatic N) is 1. The van der Waals surface area contributed by atoms with E-state index < -0.39 is 0 Å². The molecule has 0 aliphatic heterocycles. The molecule has 0 bridgehead atoms. The number of hydrogen-bond donors (Lipinski definition) is 1. The van der Waals surface area contributed by atoms with E-state index in [0.717, 1.165) is 26.1 Å². The first-order valence-electron chi connectivity index (χ1n) is 6.54. The molecule has 0 amide bonds. The highest BCUT2D eigenvalue weighted by molar-refractivity contribution is 5.81. The van der Waals surface area contributed by atoms with Crippen LogP contribution < -0.4 is 5.32 Å². The molecule has 2 heteroatoms. The molecule has 18 heavy (non-hydrogen) atoms. The first kappa shape index (κ1) is 12.7. The van der Waals surface area contributed by atoms with Crippen molar-refractivity contribution in [3.63, 3.8) is 0 Å². The molecule has 2 aromatic rings. The molecule has 2 nitrogen and oxygen atoms in total. The molecule has 0 aliphatic carbocycles. The molecule has 0 saturated carbocycles. The zero-order valence-corrected chi connectivity index (χ0v) is 11.2. The van der Waals surface area contributed by atoms with Gasteiger partial charge in [-0.25, -0.2) is 0 Å². The Hall–Kier alpha value is -1.72. The molecule has 0 atom stereocenters. The van der Waals surface area contributed by atoms with Crippen LogP contribution in [0.3, 0.4) is 0 Å². The van der Waals surface area contributed by atoms with Crippen LogP contribution in [0.2, 0.25) is 0 Å². The van der Waals surface area contributed by atoms with Crippen LogP contribution in [0, 0.1) is 11.8 Å². The third-order valence-electron chi connectivity index (χ3n) is 3.09. The highest BCUT2D eigenvalue weighted by Gasteiger charge is 2.06. The lowest BCUT2D eigenvalue weighted by Crippen LogP contribution is -2.15. The fourth-order valence-electron chi connectivity index (χ4n) is 2.22. The Balaban J connectivity index is 2.33. The zero-order chi connectivity index (χ0) is 12.8. The summed E-state index contributed by atoms with van der Waals surface area (Å²) in [4.78, 5) is 0. The summed E-state index contributed by atoms with van der Waals surface area (Å²) in [6.45, 7) is 6.92. The predicted octanol–water partition coefficient (Wildman–Crippen LogP) is 3.16. The summed E-state index contributed by atoms with van der Waals surface area (Å²) in [5, 5.41) is 4.71. The van der Waals surface area contributed by atoms with Gasteiger partial charge < -0.3 is 9.88 Å². The monoisotopic (exact) mass is 240 g/mol. The van der Waals surface area contributed by atoms with Gasteiger partial charge in [0.05, 0.1) is 0 Å². The minimum atomic E-state index is 0.911. The maximum absolute atomic E-state index is 3.40. The molecule has 94 valence electrons. The number of hydrogen-bond acceptors (Lipinski definition) is 1. The van der Waals surface area contributed by atoms with Gasteiger partial charge in [-0.1, -0.05) is 25.1 Å².